The van der Waals surface area contributed by atoms with E-state index in [4.69, 9.17) is 9.52 Å². The number of carboxylic acid groups (broad SMARTS) is 1. The summed E-state index contributed by atoms with van der Waals surface area (Å²) in [4.78, 5) is 15.2. The number of aryl methyl sites for hydroxylation is 1. The first-order chi connectivity index (χ1) is 10.7. The molecule has 0 bridgehead atoms. The molecule has 8 nitrogen and oxygen atoms in total. The number of aromatic nitrogens is 1. The number of hydrogen-bond acceptors (Lipinski definition) is 3. The van der Waals surface area contributed by atoms with Gasteiger partial charge in [0, 0.05) is 17.5 Å². The summed E-state index contributed by atoms with van der Waals surface area (Å²) in [5, 5.41) is 8.82. The Bertz CT molecular complexity index is 722. The molecule has 1 heterocycles. The van der Waals surface area contributed by atoms with E-state index >= 15 is 0 Å². The monoisotopic (exact) mass is 407 g/mol. The van der Waals surface area contributed by atoms with Crippen LogP contribution in [0.3, 0.4) is 0 Å². The molecule has 0 aliphatic carbocycles. The number of benzene rings is 2. The molecule has 3 rings (SSSR count). The van der Waals surface area contributed by atoms with Crippen LogP contribution in [0.2, 0.25) is 0 Å². The molecule has 0 fully saturated rings. The van der Waals surface area contributed by atoms with Gasteiger partial charge in [-0.2, -0.15) is 0 Å². The molecule has 1 aromatic heterocycles. The summed E-state index contributed by atoms with van der Waals surface area (Å²) in [5.41, 5.74) is 2.62. The van der Waals surface area contributed by atoms with Gasteiger partial charge in [0.05, 0.1) is 6.42 Å². The number of rotatable bonds is 5. The van der Waals surface area contributed by atoms with E-state index < -0.39 is 5.97 Å². The van der Waals surface area contributed by atoms with Gasteiger partial charge in [-0.3, -0.25) is 4.79 Å². The minimum atomic E-state index is -0.860. The van der Waals surface area contributed by atoms with Gasteiger partial charge in [-0.05, 0) is 0 Å². The first-order valence-corrected chi connectivity index (χ1v) is 7.06. The van der Waals surface area contributed by atoms with Crippen molar-refractivity contribution in [3.63, 3.8) is 0 Å². The molecule has 0 spiro atoms. The molecule has 0 radical (unpaired) electrons. The van der Waals surface area contributed by atoms with Crippen LogP contribution in [-0.4, -0.2) is 75.7 Å². The summed E-state index contributed by atoms with van der Waals surface area (Å²) in [5.74, 6) is 0.257. The van der Waals surface area contributed by atoms with Crippen molar-refractivity contribution < 1.29 is 36.2 Å². The predicted molar refractivity (Wildman–Crippen MR) is 106 cm³/mol. The van der Waals surface area contributed by atoms with Crippen molar-refractivity contribution in [3.05, 3.63) is 66.6 Å². The Kier molecular flexibility index (Phi) is 15.9. The quantitative estimate of drug-likeness (QED) is 0.574. The van der Waals surface area contributed by atoms with Gasteiger partial charge in [-0.1, -0.05) is 60.7 Å². The third-order valence-electron chi connectivity index (χ3n) is 3.31. The molecule has 0 saturated heterocycles. The molecule has 0 saturated carbocycles. The number of aliphatic carboxylic acids is 1. The normalized spacial score (nSPS) is 8.59. The maximum atomic E-state index is 10.7. The number of nitrogens with zero attached hydrogens (tertiary/aromatic N) is 1. The summed E-state index contributed by atoms with van der Waals surface area (Å²) in [6.45, 7) is 0. The van der Waals surface area contributed by atoms with Crippen LogP contribution in [0.5, 0.6) is 0 Å². The zero-order chi connectivity index (χ0) is 15.4. The standard InChI is InChI=1S/C18H15NO3.Ca.4H2O.2H/c20-16(21)12-11-15-19-17(13-7-3-1-4-8-13)18(22-15)14-9-5-2-6-10-14;;;;;;;/h1-10H,11-12H2,(H,20,21);;4*1H2;;. The first-order valence-electron chi connectivity index (χ1n) is 7.06. The van der Waals surface area contributed by atoms with E-state index in [0.29, 0.717) is 11.7 Å². The second-order valence-corrected chi connectivity index (χ2v) is 4.91. The molecule has 0 atom stereocenters. The number of carboxylic acids is 1. The number of carbonyl (C=O) groups is 1. The van der Waals surface area contributed by atoms with Crippen molar-refractivity contribution in [1.82, 2.24) is 4.98 Å². The van der Waals surface area contributed by atoms with Gasteiger partial charge < -0.3 is 31.4 Å². The van der Waals surface area contributed by atoms with E-state index in [1.165, 1.54) is 0 Å². The van der Waals surface area contributed by atoms with Gasteiger partial charge in [0.1, 0.15) is 5.69 Å². The van der Waals surface area contributed by atoms with Crippen LogP contribution in [0.15, 0.2) is 65.1 Å². The van der Waals surface area contributed by atoms with Crippen LogP contribution < -0.4 is 0 Å². The summed E-state index contributed by atoms with van der Waals surface area (Å²) in [6.07, 6.45) is 0.283. The fraction of sp³-hybridized carbons (Fsp3) is 0.111. The van der Waals surface area contributed by atoms with E-state index in [9.17, 15) is 4.79 Å². The molecule has 3 aromatic rings. The van der Waals surface area contributed by atoms with Crippen LogP contribution in [0.1, 0.15) is 12.3 Å². The van der Waals surface area contributed by atoms with Crippen LogP contribution in [0.25, 0.3) is 22.6 Å². The van der Waals surface area contributed by atoms with E-state index in [2.05, 4.69) is 4.98 Å². The van der Waals surface area contributed by atoms with Crippen molar-refractivity contribution in [2.45, 2.75) is 12.8 Å². The molecular formula is C18H25CaNO7. The molecule has 9 N–H and O–H groups in total. The Balaban J connectivity index is -0.00000115. The molecular weight excluding hydrogens is 382 g/mol. The fourth-order valence-electron chi connectivity index (χ4n) is 2.26. The third kappa shape index (κ3) is 7.77. The Morgan fingerprint density at radius 1 is 0.852 bits per heavy atom. The first kappa shape index (κ1) is 30.0. The summed E-state index contributed by atoms with van der Waals surface area (Å²) in [7, 11) is 0. The Hall–Kier alpha value is -1.78. The Morgan fingerprint density at radius 3 is 1.81 bits per heavy atom. The molecule has 9 heteroatoms. The van der Waals surface area contributed by atoms with Crippen molar-refractivity contribution in [2.75, 3.05) is 0 Å². The SMILES string of the molecule is O.O.O.O.O=C(O)CCc1nc(-c2ccccc2)c(-c2ccccc2)o1.[CaH2]. The van der Waals surface area contributed by atoms with Gasteiger partial charge in [0.2, 0.25) is 0 Å². The third-order valence-corrected chi connectivity index (χ3v) is 3.31. The average Bonchev–Trinajstić information content (AvgIpc) is 2.99. The van der Waals surface area contributed by atoms with E-state index in [-0.39, 0.29) is 72.5 Å². The van der Waals surface area contributed by atoms with Crippen LogP contribution in [0, 0.1) is 0 Å². The zero-order valence-electron chi connectivity index (χ0n) is 13.9. The summed E-state index contributed by atoms with van der Waals surface area (Å²) < 4.78 is 5.83. The zero-order valence-corrected chi connectivity index (χ0v) is 13.9. The Labute approximate surface area is 186 Å². The van der Waals surface area contributed by atoms with Gasteiger partial charge >= 0.3 is 43.7 Å². The Morgan fingerprint density at radius 2 is 1.33 bits per heavy atom. The fourth-order valence-corrected chi connectivity index (χ4v) is 2.26. The molecule has 0 aliphatic rings. The van der Waals surface area contributed by atoms with E-state index in [0.717, 1.165) is 16.8 Å². The van der Waals surface area contributed by atoms with Crippen LogP contribution in [-0.2, 0) is 11.2 Å². The molecule has 0 aliphatic heterocycles. The molecule has 2 aromatic carbocycles. The molecule has 27 heavy (non-hydrogen) atoms. The van der Waals surface area contributed by atoms with Crippen molar-refractivity contribution >= 4 is 43.7 Å². The second-order valence-electron chi connectivity index (χ2n) is 4.91. The van der Waals surface area contributed by atoms with Crippen LogP contribution in [0.4, 0.5) is 0 Å². The minimum absolute atomic E-state index is 0. The topological polar surface area (TPSA) is 189 Å². The van der Waals surface area contributed by atoms with Crippen molar-refractivity contribution in [1.29, 1.82) is 0 Å². The van der Waals surface area contributed by atoms with Gasteiger partial charge in [-0.25, -0.2) is 4.98 Å². The average molecular weight is 407 g/mol. The molecule has 0 amide bonds. The van der Waals surface area contributed by atoms with Gasteiger partial charge in [-0.15, -0.1) is 0 Å². The molecule has 0 unspecified atom stereocenters. The van der Waals surface area contributed by atoms with Gasteiger partial charge in [0.25, 0.3) is 0 Å². The van der Waals surface area contributed by atoms with Crippen molar-refractivity contribution in [2.24, 2.45) is 0 Å². The number of hydrogen-bond donors (Lipinski definition) is 1. The van der Waals surface area contributed by atoms with E-state index in [1.807, 2.05) is 60.7 Å². The maximum absolute atomic E-state index is 10.7. The van der Waals surface area contributed by atoms with Crippen molar-refractivity contribution in [3.8, 4) is 22.6 Å². The summed E-state index contributed by atoms with van der Waals surface area (Å²) in [6, 6.07) is 19.5. The summed E-state index contributed by atoms with van der Waals surface area (Å²) >= 11 is 0. The van der Waals surface area contributed by atoms with E-state index in [1.54, 1.807) is 0 Å². The second kappa shape index (κ2) is 14.3. The van der Waals surface area contributed by atoms with Crippen LogP contribution >= 0.6 is 0 Å². The number of oxazole rings is 1. The van der Waals surface area contributed by atoms with Gasteiger partial charge in [0.15, 0.2) is 11.7 Å². The predicted octanol–water partition coefficient (Wildman–Crippen LogP) is -0.189. The molecule has 146 valence electrons.